The summed E-state index contributed by atoms with van der Waals surface area (Å²) in [7, 11) is 0. The lowest BCUT2D eigenvalue weighted by molar-refractivity contribution is -0.424. The fourth-order valence-corrected chi connectivity index (χ4v) is 2.25. The van der Waals surface area contributed by atoms with Crippen molar-refractivity contribution in [3.8, 4) is 6.07 Å². The van der Waals surface area contributed by atoms with Gasteiger partial charge in [0, 0.05) is 30.9 Å². The molecule has 0 heterocycles. The molecule has 2 N–H and O–H groups in total. The maximum Gasteiger partial charge on any atom is 0.243 e. The first-order valence-electron chi connectivity index (χ1n) is 9.17. The van der Waals surface area contributed by atoms with E-state index in [1.54, 1.807) is 6.08 Å². The smallest absolute Gasteiger partial charge is 0.243 e. The van der Waals surface area contributed by atoms with Crippen LogP contribution in [0.5, 0.6) is 0 Å². The van der Waals surface area contributed by atoms with Gasteiger partial charge < -0.3 is 10.6 Å². The highest BCUT2D eigenvalue weighted by molar-refractivity contribution is 5.66. The first kappa shape index (κ1) is 24.7. The molecule has 0 aliphatic rings. The van der Waals surface area contributed by atoms with Crippen LogP contribution < -0.4 is 5.73 Å². The van der Waals surface area contributed by atoms with Crippen LogP contribution in [0.25, 0.3) is 5.70 Å². The van der Waals surface area contributed by atoms with E-state index in [4.69, 9.17) is 11.0 Å². The van der Waals surface area contributed by atoms with Gasteiger partial charge in [-0.3, -0.25) is 10.1 Å². The van der Waals surface area contributed by atoms with Gasteiger partial charge in [-0.15, -0.1) is 0 Å². The first-order valence-corrected chi connectivity index (χ1v) is 9.17. The minimum atomic E-state index is -0.471. The van der Waals surface area contributed by atoms with Crippen LogP contribution in [0.2, 0.25) is 0 Å². The number of benzene rings is 1. The molecule has 0 atom stereocenters. The van der Waals surface area contributed by atoms with E-state index in [1.807, 2.05) is 48.2 Å². The Morgan fingerprint density at radius 2 is 1.89 bits per heavy atom. The largest absolute Gasteiger partial charge is 0.398 e. The standard InChI is InChI=1S/C19H22N4O2.C3H8/c1-4-18(17-9-6-5-7-10-17)22(14-8-13-20)19(16(3)21)12-11-15(2)23(24)25;1-3-2/h4-7,9-12H,3,8,14,21H2,1-2H3;3H2,1-2H3/b15-11+,18-4-,19-12+;. The lowest BCUT2D eigenvalue weighted by Crippen LogP contribution is -2.26. The van der Waals surface area contributed by atoms with Gasteiger partial charge in [0.15, 0.2) is 0 Å². The molecule has 1 aromatic carbocycles. The van der Waals surface area contributed by atoms with Crippen molar-refractivity contribution in [3.63, 3.8) is 0 Å². The van der Waals surface area contributed by atoms with Crippen molar-refractivity contribution in [3.05, 3.63) is 87.9 Å². The van der Waals surface area contributed by atoms with Gasteiger partial charge in [-0.25, -0.2) is 0 Å². The van der Waals surface area contributed by atoms with E-state index < -0.39 is 4.92 Å². The summed E-state index contributed by atoms with van der Waals surface area (Å²) in [4.78, 5) is 12.2. The van der Waals surface area contributed by atoms with Crippen LogP contribution in [-0.2, 0) is 0 Å². The number of allylic oxidation sites excluding steroid dienone is 4. The summed E-state index contributed by atoms with van der Waals surface area (Å²) in [6.07, 6.45) is 6.37. The fourth-order valence-electron chi connectivity index (χ4n) is 2.25. The number of nitro groups is 1. The molecule has 0 bridgehead atoms. The molecule has 0 saturated carbocycles. The van der Waals surface area contributed by atoms with Crippen molar-refractivity contribution in [2.45, 2.75) is 40.5 Å². The van der Waals surface area contributed by atoms with Crippen LogP contribution in [0.15, 0.2) is 72.2 Å². The second-order valence-corrected chi connectivity index (χ2v) is 5.95. The molecule has 0 radical (unpaired) electrons. The predicted molar refractivity (Wildman–Crippen MR) is 115 cm³/mol. The third kappa shape index (κ3) is 8.37. The highest BCUT2D eigenvalue weighted by atomic mass is 16.6. The normalized spacial score (nSPS) is 11.8. The van der Waals surface area contributed by atoms with Crippen molar-refractivity contribution in [1.82, 2.24) is 4.90 Å². The molecule has 0 amide bonds. The van der Waals surface area contributed by atoms with Crippen molar-refractivity contribution in [2.75, 3.05) is 6.54 Å². The summed E-state index contributed by atoms with van der Waals surface area (Å²) in [5, 5.41) is 19.8. The van der Waals surface area contributed by atoms with Gasteiger partial charge in [-0.1, -0.05) is 63.3 Å². The Labute approximate surface area is 168 Å². The number of nitriles is 1. The molecule has 0 aliphatic heterocycles. The summed E-state index contributed by atoms with van der Waals surface area (Å²) in [6, 6.07) is 11.8. The van der Waals surface area contributed by atoms with Crippen LogP contribution in [-0.4, -0.2) is 16.4 Å². The van der Waals surface area contributed by atoms with Gasteiger partial charge in [-0.05, 0) is 18.6 Å². The topological polar surface area (TPSA) is 96.2 Å². The van der Waals surface area contributed by atoms with Crippen molar-refractivity contribution >= 4 is 5.70 Å². The van der Waals surface area contributed by atoms with E-state index >= 15 is 0 Å². The Morgan fingerprint density at radius 1 is 1.32 bits per heavy atom. The third-order valence-electron chi connectivity index (χ3n) is 3.47. The molecular formula is C22H30N4O2. The quantitative estimate of drug-likeness (QED) is 0.378. The Hall–Kier alpha value is -3.33. The number of nitrogens with two attached hydrogens (primary N) is 1. The number of hydrogen-bond donors (Lipinski definition) is 1. The highest BCUT2D eigenvalue weighted by Crippen LogP contribution is 2.26. The van der Waals surface area contributed by atoms with Crippen molar-refractivity contribution in [1.29, 1.82) is 5.26 Å². The Bertz CT molecular complexity index is 771. The summed E-state index contributed by atoms with van der Waals surface area (Å²) in [5.74, 6) is 0. The average molecular weight is 383 g/mol. The minimum absolute atomic E-state index is 0.0132. The molecular weight excluding hydrogens is 352 g/mol. The van der Waals surface area contributed by atoms with E-state index in [0.717, 1.165) is 11.3 Å². The monoisotopic (exact) mass is 382 g/mol. The second kappa shape index (κ2) is 13.8. The van der Waals surface area contributed by atoms with Gasteiger partial charge in [0.1, 0.15) is 0 Å². The summed E-state index contributed by atoms with van der Waals surface area (Å²) in [6.45, 7) is 11.7. The Balaban J connectivity index is 0.00000227. The van der Waals surface area contributed by atoms with Gasteiger partial charge in [0.2, 0.25) is 5.70 Å². The molecule has 0 aromatic heterocycles. The van der Waals surface area contributed by atoms with E-state index in [0.29, 0.717) is 12.2 Å². The minimum Gasteiger partial charge on any atom is -0.398 e. The van der Waals surface area contributed by atoms with E-state index in [-0.39, 0.29) is 17.8 Å². The van der Waals surface area contributed by atoms with Crippen LogP contribution in [0.4, 0.5) is 0 Å². The van der Waals surface area contributed by atoms with Crippen LogP contribution >= 0.6 is 0 Å². The number of nitrogens with zero attached hydrogens (tertiary/aromatic N) is 3. The maximum atomic E-state index is 10.8. The van der Waals surface area contributed by atoms with Gasteiger partial charge in [-0.2, -0.15) is 5.26 Å². The van der Waals surface area contributed by atoms with Crippen LogP contribution in [0.3, 0.4) is 0 Å². The van der Waals surface area contributed by atoms with Gasteiger partial charge >= 0.3 is 0 Å². The predicted octanol–water partition coefficient (Wildman–Crippen LogP) is 5.22. The molecule has 150 valence electrons. The molecule has 1 aromatic rings. The molecule has 0 spiro atoms. The molecule has 28 heavy (non-hydrogen) atoms. The summed E-state index contributed by atoms with van der Waals surface area (Å²) in [5.41, 5.74) is 8.50. The molecule has 1 rings (SSSR count). The van der Waals surface area contributed by atoms with Crippen LogP contribution in [0, 0.1) is 21.4 Å². The Morgan fingerprint density at radius 3 is 2.32 bits per heavy atom. The van der Waals surface area contributed by atoms with Gasteiger partial charge in [0.25, 0.3) is 0 Å². The zero-order chi connectivity index (χ0) is 21.5. The van der Waals surface area contributed by atoms with E-state index in [9.17, 15) is 10.1 Å². The first-order chi connectivity index (χ1) is 13.3. The van der Waals surface area contributed by atoms with E-state index in [1.165, 1.54) is 19.4 Å². The van der Waals surface area contributed by atoms with E-state index in [2.05, 4.69) is 26.5 Å². The zero-order valence-corrected chi connectivity index (χ0v) is 17.2. The fraction of sp³-hybridized carbons (Fsp3) is 0.318. The van der Waals surface area contributed by atoms with Crippen molar-refractivity contribution in [2.24, 2.45) is 5.73 Å². The average Bonchev–Trinajstić information content (AvgIpc) is 2.67. The number of hydrogen-bond acceptors (Lipinski definition) is 5. The lowest BCUT2D eigenvalue weighted by Gasteiger charge is -2.29. The SMILES string of the molecule is C=C(N)/C(=C\C=C(/C)[N+](=O)[O-])N(CCC#N)/C(=C\C)c1ccccc1.CCC. The highest BCUT2D eigenvalue weighted by Gasteiger charge is 2.17. The zero-order valence-electron chi connectivity index (χ0n) is 17.2. The maximum absolute atomic E-state index is 10.8. The molecule has 6 nitrogen and oxygen atoms in total. The van der Waals surface area contributed by atoms with Crippen molar-refractivity contribution < 1.29 is 4.92 Å². The second-order valence-electron chi connectivity index (χ2n) is 5.95. The van der Waals surface area contributed by atoms with Crippen LogP contribution in [0.1, 0.15) is 46.1 Å². The molecule has 0 unspecified atom stereocenters. The Kier molecular flexibility index (Phi) is 12.2. The molecule has 0 fully saturated rings. The van der Waals surface area contributed by atoms with Gasteiger partial charge in [0.05, 0.1) is 23.1 Å². The molecule has 0 saturated heterocycles. The number of rotatable bonds is 8. The third-order valence-corrected chi connectivity index (χ3v) is 3.47. The summed E-state index contributed by atoms with van der Waals surface area (Å²) < 4.78 is 0. The molecule has 6 heteroatoms. The molecule has 0 aliphatic carbocycles. The lowest BCUT2D eigenvalue weighted by atomic mass is 10.1. The summed E-state index contributed by atoms with van der Waals surface area (Å²) >= 11 is 0.